The fourth-order valence-electron chi connectivity index (χ4n) is 1.60. The molecule has 0 fully saturated rings. The van der Waals surface area contributed by atoms with Crippen molar-refractivity contribution in [2.24, 2.45) is 0 Å². The predicted octanol–water partition coefficient (Wildman–Crippen LogP) is 3.97. The maximum Gasteiger partial charge on any atom is 0.150 e. The summed E-state index contributed by atoms with van der Waals surface area (Å²) in [4.78, 5) is 15.2. The van der Waals surface area contributed by atoms with Crippen molar-refractivity contribution in [3.8, 4) is 5.75 Å². The van der Waals surface area contributed by atoms with Gasteiger partial charge >= 0.3 is 0 Å². The highest BCUT2D eigenvalue weighted by molar-refractivity contribution is 7.09. The van der Waals surface area contributed by atoms with Crippen molar-refractivity contribution >= 4 is 17.6 Å². The number of ether oxygens (including phenoxy) is 1. The maximum atomic E-state index is 13.2. The van der Waals surface area contributed by atoms with Gasteiger partial charge in [0.1, 0.15) is 29.5 Å². The summed E-state index contributed by atoms with van der Waals surface area (Å²) in [5.74, 6) is -0.154. The molecule has 0 aliphatic rings. The quantitative estimate of drug-likeness (QED) is 0.801. The Morgan fingerprint density at radius 2 is 2.10 bits per heavy atom. The Morgan fingerprint density at radius 3 is 2.70 bits per heavy atom. The molecule has 0 radical (unpaired) electrons. The number of carbonyl (C=O) groups is 1. The Balaban J connectivity index is 2.07. The van der Waals surface area contributed by atoms with E-state index < -0.39 is 5.82 Å². The third-order valence-electron chi connectivity index (χ3n) is 2.71. The number of carbonyl (C=O) groups excluding carboxylic acids is 1. The molecule has 0 aliphatic heterocycles. The highest BCUT2D eigenvalue weighted by atomic mass is 32.1. The van der Waals surface area contributed by atoms with Gasteiger partial charge in [-0.1, -0.05) is 20.8 Å². The molecule has 20 heavy (non-hydrogen) atoms. The van der Waals surface area contributed by atoms with Crippen LogP contribution >= 0.6 is 11.3 Å². The van der Waals surface area contributed by atoms with E-state index in [-0.39, 0.29) is 17.6 Å². The van der Waals surface area contributed by atoms with Crippen molar-refractivity contribution in [1.82, 2.24) is 4.98 Å². The highest BCUT2D eigenvalue weighted by Gasteiger charge is 2.17. The van der Waals surface area contributed by atoms with E-state index in [1.807, 2.05) is 5.38 Å². The summed E-state index contributed by atoms with van der Waals surface area (Å²) in [7, 11) is 0. The molecule has 5 heteroatoms. The molecular weight excluding hydrogens is 277 g/mol. The molecule has 0 saturated carbocycles. The van der Waals surface area contributed by atoms with E-state index >= 15 is 0 Å². The van der Waals surface area contributed by atoms with Crippen LogP contribution in [0.1, 0.15) is 41.8 Å². The lowest BCUT2D eigenvalue weighted by atomic mass is 9.93. The molecule has 1 aromatic carbocycles. The van der Waals surface area contributed by atoms with Crippen LogP contribution in [0.3, 0.4) is 0 Å². The molecule has 1 aromatic heterocycles. The summed E-state index contributed by atoms with van der Waals surface area (Å²) in [6.07, 6.45) is 0.594. The van der Waals surface area contributed by atoms with Crippen LogP contribution in [0.25, 0.3) is 0 Å². The van der Waals surface area contributed by atoms with Crippen molar-refractivity contribution in [3.63, 3.8) is 0 Å². The van der Waals surface area contributed by atoms with Gasteiger partial charge in [0.15, 0.2) is 0 Å². The largest absolute Gasteiger partial charge is 0.486 e. The van der Waals surface area contributed by atoms with Crippen LogP contribution in [0.4, 0.5) is 4.39 Å². The van der Waals surface area contributed by atoms with Gasteiger partial charge < -0.3 is 4.74 Å². The first-order valence-electron chi connectivity index (χ1n) is 6.22. The van der Waals surface area contributed by atoms with Gasteiger partial charge in [0.05, 0.1) is 5.69 Å². The SMILES string of the molecule is CC(C)(C)c1csc(COc2cc(F)cc(C=O)c2)n1. The molecule has 0 bridgehead atoms. The molecule has 2 rings (SSSR count). The van der Waals surface area contributed by atoms with E-state index in [1.54, 1.807) is 0 Å². The number of hydrogen-bond acceptors (Lipinski definition) is 4. The van der Waals surface area contributed by atoms with Gasteiger partial charge in [-0.25, -0.2) is 9.37 Å². The lowest BCUT2D eigenvalue weighted by Crippen LogP contribution is -2.11. The number of hydrogen-bond donors (Lipinski definition) is 0. The molecule has 3 nitrogen and oxygen atoms in total. The standard InChI is InChI=1S/C15H16FNO2S/c1-15(2,3)13-9-20-14(17-13)8-19-12-5-10(7-18)4-11(16)6-12/h4-7,9H,8H2,1-3H3. The van der Waals surface area contributed by atoms with E-state index in [0.717, 1.165) is 10.7 Å². The van der Waals surface area contributed by atoms with Gasteiger partial charge in [-0.3, -0.25) is 4.79 Å². The summed E-state index contributed by atoms with van der Waals surface area (Å²) < 4.78 is 18.7. The van der Waals surface area contributed by atoms with Crippen molar-refractivity contribution in [3.05, 3.63) is 45.7 Å². The summed E-state index contributed by atoms with van der Waals surface area (Å²) >= 11 is 1.51. The van der Waals surface area contributed by atoms with Crippen molar-refractivity contribution in [2.45, 2.75) is 32.8 Å². The molecule has 1 heterocycles. The average molecular weight is 293 g/mol. The second-order valence-electron chi connectivity index (χ2n) is 5.50. The summed E-state index contributed by atoms with van der Waals surface area (Å²) in [5.41, 5.74) is 1.27. The topological polar surface area (TPSA) is 39.2 Å². The van der Waals surface area contributed by atoms with Gasteiger partial charge in [-0.05, 0) is 12.1 Å². The normalized spacial score (nSPS) is 11.4. The minimum absolute atomic E-state index is 0.00169. The number of aromatic nitrogens is 1. The zero-order chi connectivity index (χ0) is 14.8. The van der Waals surface area contributed by atoms with Gasteiger partial charge in [-0.15, -0.1) is 11.3 Å². The van der Waals surface area contributed by atoms with Crippen LogP contribution in [0.5, 0.6) is 5.75 Å². The fourth-order valence-corrected chi connectivity index (χ4v) is 2.53. The van der Waals surface area contributed by atoms with E-state index in [0.29, 0.717) is 12.0 Å². The van der Waals surface area contributed by atoms with Crippen molar-refractivity contribution in [1.29, 1.82) is 0 Å². The monoisotopic (exact) mass is 293 g/mol. The number of rotatable bonds is 4. The summed E-state index contributed by atoms with van der Waals surface area (Å²) in [6.45, 7) is 6.55. The Labute approximate surface area is 121 Å². The average Bonchev–Trinajstić information content (AvgIpc) is 2.84. The third kappa shape index (κ3) is 3.63. The maximum absolute atomic E-state index is 13.2. The lowest BCUT2D eigenvalue weighted by molar-refractivity contribution is 0.112. The van der Waals surface area contributed by atoms with Crippen LogP contribution in [-0.4, -0.2) is 11.3 Å². The van der Waals surface area contributed by atoms with Crippen LogP contribution in [0.2, 0.25) is 0 Å². The number of halogens is 1. The Hall–Kier alpha value is -1.75. The fraction of sp³-hybridized carbons (Fsp3) is 0.333. The first-order chi connectivity index (χ1) is 9.38. The Kier molecular flexibility index (Phi) is 4.18. The second kappa shape index (κ2) is 5.71. The van der Waals surface area contributed by atoms with E-state index in [2.05, 4.69) is 25.8 Å². The second-order valence-corrected chi connectivity index (χ2v) is 6.45. The number of thiazole rings is 1. The molecule has 2 aromatic rings. The minimum Gasteiger partial charge on any atom is -0.486 e. The van der Waals surface area contributed by atoms with Crippen LogP contribution < -0.4 is 4.74 Å². The molecule has 0 saturated heterocycles. The molecular formula is C15H16FNO2S. The van der Waals surface area contributed by atoms with E-state index in [4.69, 9.17) is 4.74 Å². The minimum atomic E-state index is -0.487. The molecule has 0 atom stereocenters. The first kappa shape index (κ1) is 14.7. The molecule has 0 spiro atoms. The van der Waals surface area contributed by atoms with Gasteiger partial charge in [0.25, 0.3) is 0 Å². The van der Waals surface area contributed by atoms with Crippen LogP contribution in [0.15, 0.2) is 23.6 Å². The van der Waals surface area contributed by atoms with E-state index in [9.17, 15) is 9.18 Å². The van der Waals surface area contributed by atoms with Gasteiger partial charge in [-0.2, -0.15) is 0 Å². The number of aldehydes is 1. The summed E-state index contributed by atoms with van der Waals surface area (Å²) in [5, 5.41) is 2.83. The van der Waals surface area contributed by atoms with Crippen molar-refractivity contribution in [2.75, 3.05) is 0 Å². The Morgan fingerprint density at radius 1 is 1.35 bits per heavy atom. The van der Waals surface area contributed by atoms with Gasteiger partial charge in [0, 0.05) is 22.4 Å². The first-order valence-corrected chi connectivity index (χ1v) is 7.10. The molecule has 0 unspecified atom stereocenters. The van der Waals surface area contributed by atoms with Crippen LogP contribution in [0, 0.1) is 5.82 Å². The predicted molar refractivity (Wildman–Crippen MR) is 76.9 cm³/mol. The zero-order valence-electron chi connectivity index (χ0n) is 11.6. The Bertz CT molecular complexity index is 617. The molecule has 106 valence electrons. The smallest absolute Gasteiger partial charge is 0.150 e. The molecule has 0 aliphatic carbocycles. The number of benzene rings is 1. The summed E-state index contributed by atoms with van der Waals surface area (Å²) in [6, 6.07) is 3.93. The highest BCUT2D eigenvalue weighted by Crippen LogP contribution is 2.25. The van der Waals surface area contributed by atoms with Gasteiger partial charge in [0.2, 0.25) is 0 Å². The molecule has 0 amide bonds. The van der Waals surface area contributed by atoms with Crippen LogP contribution in [-0.2, 0) is 12.0 Å². The van der Waals surface area contributed by atoms with Crippen molar-refractivity contribution < 1.29 is 13.9 Å². The third-order valence-corrected chi connectivity index (χ3v) is 3.53. The lowest BCUT2D eigenvalue weighted by Gasteiger charge is -2.14. The number of nitrogens with zero attached hydrogens (tertiary/aromatic N) is 1. The van der Waals surface area contributed by atoms with E-state index in [1.165, 1.54) is 29.5 Å². The zero-order valence-corrected chi connectivity index (χ0v) is 12.5. The molecule has 0 N–H and O–H groups in total.